The zero-order valence-corrected chi connectivity index (χ0v) is 16.4. The van der Waals surface area contributed by atoms with E-state index in [9.17, 15) is 14.3 Å². The van der Waals surface area contributed by atoms with Crippen LogP contribution in [0.15, 0.2) is 54.6 Å². The lowest BCUT2D eigenvalue weighted by Gasteiger charge is -2.05. The molecule has 1 heterocycles. The maximum Gasteiger partial charge on any atom is 0.336 e. The Hall–Kier alpha value is -3.82. The molecule has 0 spiro atoms. The van der Waals surface area contributed by atoms with Gasteiger partial charge in [0.2, 0.25) is 0 Å². The van der Waals surface area contributed by atoms with E-state index in [-0.39, 0.29) is 17.4 Å². The van der Waals surface area contributed by atoms with Gasteiger partial charge in [-0.15, -0.1) is 0 Å². The van der Waals surface area contributed by atoms with E-state index in [2.05, 4.69) is 21.8 Å². The number of hydrogen-bond acceptors (Lipinski definition) is 3. The van der Waals surface area contributed by atoms with Crippen LogP contribution in [-0.2, 0) is 0 Å². The lowest BCUT2D eigenvalue weighted by Crippen LogP contribution is -2.00. The largest absolute Gasteiger partial charge is 0.478 e. The first-order valence-corrected chi connectivity index (χ1v) is 9.25. The molecule has 148 valence electrons. The molecule has 1 aromatic heterocycles. The van der Waals surface area contributed by atoms with Crippen LogP contribution >= 0.6 is 11.6 Å². The van der Waals surface area contributed by atoms with Gasteiger partial charge >= 0.3 is 5.97 Å². The van der Waals surface area contributed by atoms with E-state index in [1.54, 1.807) is 43.3 Å². The van der Waals surface area contributed by atoms with Gasteiger partial charge in [0.25, 0.3) is 6.01 Å². The van der Waals surface area contributed by atoms with E-state index >= 15 is 0 Å². The van der Waals surface area contributed by atoms with Crippen molar-refractivity contribution in [3.8, 4) is 23.6 Å². The number of carboxylic acids is 1. The Kier molecular flexibility index (Phi) is 5.13. The van der Waals surface area contributed by atoms with E-state index in [1.165, 1.54) is 18.2 Å². The lowest BCUT2D eigenvalue weighted by molar-refractivity contribution is 0.0695. The van der Waals surface area contributed by atoms with Crippen LogP contribution in [0.1, 0.15) is 27.0 Å². The first kappa shape index (κ1) is 19.5. The molecule has 0 fully saturated rings. The maximum absolute atomic E-state index is 13.0. The Morgan fingerprint density at radius 3 is 2.63 bits per heavy atom. The lowest BCUT2D eigenvalue weighted by atomic mass is 10.1. The SMILES string of the molecule is Cc1ccc(Oc2nc3cc(C#Cc4ccc(F)cc4)c(Cl)cc3[nH]2)cc1C(=O)O. The molecule has 0 aliphatic carbocycles. The van der Waals surface area contributed by atoms with E-state index in [0.29, 0.717) is 38.5 Å². The second kappa shape index (κ2) is 7.90. The van der Waals surface area contributed by atoms with Crippen LogP contribution in [-0.4, -0.2) is 21.0 Å². The number of fused-ring (bicyclic) bond motifs is 1. The molecule has 0 radical (unpaired) electrons. The summed E-state index contributed by atoms with van der Waals surface area (Å²) in [5.41, 5.74) is 3.25. The van der Waals surface area contributed by atoms with Gasteiger partial charge in [-0.25, -0.2) is 9.18 Å². The Balaban J connectivity index is 1.63. The number of imidazole rings is 1. The predicted molar refractivity (Wildman–Crippen MR) is 112 cm³/mol. The maximum atomic E-state index is 13.0. The second-order valence-corrected chi connectivity index (χ2v) is 6.94. The summed E-state index contributed by atoms with van der Waals surface area (Å²) in [4.78, 5) is 18.7. The zero-order chi connectivity index (χ0) is 21.3. The minimum absolute atomic E-state index is 0.157. The van der Waals surface area contributed by atoms with Gasteiger partial charge in [-0.05, 0) is 61.0 Å². The molecule has 7 heteroatoms. The van der Waals surface area contributed by atoms with Crippen LogP contribution in [0.2, 0.25) is 5.02 Å². The number of ether oxygens (including phenoxy) is 1. The summed E-state index contributed by atoms with van der Waals surface area (Å²) < 4.78 is 18.7. The molecule has 0 bridgehead atoms. The fourth-order valence-corrected chi connectivity index (χ4v) is 3.04. The van der Waals surface area contributed by atoms with E-state index in [1.807, 2.05) is 0 Å². The smallest absolute Gasteiger partial charge is 0.336 e. The topological polar surface area (TPSA) is 75.2 Å². The van der Waals surface area contributed by atoms with E-state index in [4.69, 9.17) is 16.3 Å². The number of carbonyl (C=O) groups is 1. The highest BCUT2D eigenvalue weighted by molar-refractivity contribution is 6.32. The second-order valence-electron chi connectivity index (χ2n) is 6.53. The fourth-order valence-electron chi connectivity index (χ4n) is 2.83. The molecule has 0 amide bonds. The number of halogens is 2. The van der Waals surface area contributed by atoms with Crippen molar-refractivity contribution < 1.29 is 19.0 Å². The van der Waals surface area contributed by atoms with Gasteiger partial charge in [0, 0.05) is 11.1 Å². The summed E-state index contributed by atoms with van der Waals surface area (Å²) in [7, 11) is 0. The third-order valence-electron chi connectivity index (χ3n) is 4.39. The molecule has 5 nitrogen and oxygen atoms in total. The van der Waals surface area contributed by atoms with Gasteiger partial charge in [-0.2, -0.15) is 4.98 Å². The van der Waals surface area contributed by atoms with Crippen LogP contribution in [0.5, 0.6) is 11.8 Å². The van der Waals surface area contributed by atoms with Gasteiger partial charge in [0.15, 0.2) is 0 Å². The Labute approximate surface area is 176 Å². The van der Waals surface area contributed by atoms with Gasteiger partial charge < -0.3 is 14.8 Å². The summed E-state index contributed by atoms with van der Waals surface area (Å²) >= 11 is 6.32. The number of nitrogens with one attached hydrogen (secondary N) is 1. The number of aromatic carboxylic acids is 1. The first-order chi connectivity index (χ1) is 14.4. The van der Waals surface area contributed by atoms with Crippen LogP contribution in [0.4, 0.5) is 4.39 Å². The molecule has 0 aliphatic heterocycles. The van der Waals surface area contributed by atoms with Gasteiger partial charge in [0.1, 0.15) is 11.6 Å². The summed E-state index contributed by atoms with van der Waals surface area (Å²) in [5.74, 6) is 4.89. The van der Waals surface area contributed by atoms with Crippen molar-refractivity contribution >= 4 is 28.6 Å². The summed E-state index contributed by atoms with van der Waals surface area (Å²) in [6.45, 7) is 1.71. The Morgan fingerprint density at radius 2 is 1.90 bits per heavy atom. The highest BCUT2D eigenvalue weighted by Crippen LogP contribution is 2.27. The number of aromatic amines is 1. The minimum atomic E-state index is -1.03. The van der Waals surface area contributed by atoms with Gasteiger partial charge in [0.05, 0.1) is 21.6 Å². The molecule has 0 atom stereocenters. The molecule has 4 rings (SSSR count). The van der Waals surface area contributed by atoms with Crippen molar-refractivity contribution in [3.63, 3.8) is 0 Å². The number of H-pyrrole nitrogens is 1. The number of aryl methyl sites for hydroxylation is 1. The van der Waals surface area contributed by atoms with Crippen molar-refractivity contribution in [3.05, 3.63) is 87.7 Å². The number of carboxylic acid groups (broad SMARTS) is 1. The Morgan fingerprint density at radius 1 is 1.13 bits per heavy atom. The van der Waals surface area contributed by atoms with Crippen molar-refractivity contribution in [2.45, 2.75) is 6.92 Å². The standard InChI is InChI=1S/C23H14ClFN2O3/c1-13-2-9-17(11-18(13)22(28)29)30-23-26-20-10-15(19(24)12-21(20)27-23)6-3-14-4-7-16(25)8-5-14/h2,4-5,7-12H,1H3,(H,26,27)(H,28,29). The molecule has 30 heavy (non-hydrogen) atoms. The molecular formula is C23H14ClFN2O3. The summed E-state index contributed by atoms with van der Waals surface area (Å²) in [5, 5.41) is 9.68. The van der Waals surface area contributed by atoms with Crippen LogP contribution in [0, 0.1) is 24.6 Å². The molecule has 0 aliphatic rings. The van der Waals surface area contributed by atoms with Crippen molar-refractivity contribution in [1.82, 2.24) is 9.97 Å². The van der Waals surface area contributed by atoms with Gasteiger partial charge in [-0.3, -0.25) is 0 Å². The van der Waals surface area contributed by atoms with Crippen molar-refractivity contribution in [2.24, 2.45) is 0 Å². The summed E-state index contributed by atoms with van der Waals surface area (Å²) in [6.07, 6.45) is 0. The highest BCUT2D eigenvalue weighted by atomic mass is 35.5. The molecule has 2 N–H and O–H groups in total. The number of benzene rings is 3. The average molecular weight is 421 g/mol. The minimum Gasteiger partial charge on any atom is -0.478 e. The van der Waals surface area contributed by atoms with Crippen molar-refractivity contribution in [2.75, 3.05) is 0 Å². The van der Waals surface area contributed by atoms with E-state index < -0.39 is 5.97 Å². The predicted octanol–water partition coefficient (Wildman–Crippen LogP) is 5.55. The number of nitrogens with zero attached hydrogens (tertiary/aromatic N) is 1. The number of hydrogen-bond donors (Lipinski definition) is 2. The first-order valence-electron chi connectivity index (χ1n) is 8.88. The van der Waals surface area contributed by atoms with E-state index in [0.717, 1.165) is 0 Å². The average Bonchev–Trinajstić information content (AvgIpc) is 3.09. The molecule has 0 saturated heterocycles. The highest BCUT2D eigenvalue weighted by Gasteiger charge is 2.12. The molecular weight excluding hydrogens is 407 g/mol. The monoisotopic (exact) mass is 420 g/mol. The molecule has 4 aromatic rings. The summed E-state index contributed by atoms with van der Waals surface area (Å²) in [6, 6.07) is 14.2. The third-order valence-corrected chi connectivity index (χ3v) is 4.70. The van der Waals surface area contributed by atoms with Crippen molar-refractivity contribution in [1.29, 1.82) is 0 Å². The molecule has 0 unspecified atom stereocenters. The molecule has 0 saturated carbocycles. The van der Waals surface area contributed by atoms with Crippen LogP contribution in [0.3, 0.4) is 0 Å². The van der Waals surface area contributed by atoms with Crippen LogP contribution in [0.25, 0.3) is 11.0 Å². The fraction of sp³-hybridized carbons (Fsp3) is 0.0435. The quantitative estimate of drug-likeness (QED) is 0.426. The Bertz CT molecular complexity index is 1330. The number of rotatable bonds is 3. The van der Waals surface area contributed by atoms with Gasteiger partial charge in [-0.1, -0.05) is 29.5 Å². The zero-order valence-electron chi connectivity index (χ0n) is 15.7. The molecule has 3 aromatic carbocycles. The normalized spacial score (nSPS) is 10.5. The van der Waals surface area contributed by atoms with Crippen LogP contribution < -0.4 is 4.74 Å². The number of aromatic nitrogens is 2. The third kappa shape index (κ3) is 4.12.